The van der Waals surface area contributed by atoms with Crippen molar-refractivity contribution in [2.45, 2.75) is 277 Å². The van der Waals surface area contributed by atoms with E-state index in [4.69, 9.17) is 14.2 Å². The Kier molecular flexibility index (Phi) is 42.8. The molecular weight excluding hydrogens is 673 g/mol. The molecule has 0 N–H and O–H groups in total. The average Bonchev–Trinajstić information content (AvgIpc) is 3.17. The summed E-state index contributed by atoms with van der Waals surface area (Å²) in [5.41, 5.74) is 0. The molecule has 0 spiro atoms. The molecule has 6 nitrogen and oxygen atoms in total. The van der Waals surface area contributed by atoms with Crippen LogP contribution in [0.15, 0.2) is 0 Å². The van der Waals surface area contributed by atoms with E-state index in [9.17, 15) is 14.4 Å². The van der Waals surface area contributed by atoms with Gasteiger partial charge in [0, 0.05) is 19.3 Å². The van der Waals surface area contributed by atoms with Crippen LogP contribution in [0.2, 0.25) is 0 Å². The van der Waals surface area contributed by atoms with Crippen LogP contribution in [0, 0.1) is 0 Å². The fraction of sp³-hybridized carbons (Fsp3) is 0.938. The Hall–Kier alpha value is -1.59. The van der Waals surface area contributed by atoms with Crippen molar-refractivity contribution >= 4 is 17.9 Å². The lowest BCUT2D eigenvalue weighted by Gasteiger charge is -2.18. The number of ether oxygens (including phenoxy) is 3. The molecule has 0 aromatic heterocycles. The number of carbonyl (C=O) groups is 3. The number of esters is 3. The molecule has 0 rings (SSSR count). The number of hydrogen-bond donors (Lipinski definition) is 0. The van der Waals surface area contributed by atoms with Gasteiger partial charge < -0.3 is 14.2 Å². The molecule has 0 fully saturated rings. The monoisotopic (exact) mass is 765 g/mol. The molecule has 0 saturated heterocycles. The highest BCUT2D eigenvalue weighted by Crippen LogP contribution is 2.16. The standard InChI is InChI=1S/C48H92O6/c1-4-7-10-13-16-19-21-23-24-25-27-30-32-35-38-41-47(50)53-44-45(54-48(51)42-39-36-33-28-18-15-12-9-6-3)43-52-46(49)40-37-34-31-29-26-22-20-17-14-11-8-5-2/h45H,4-44H2,1-3H3/t45-/m1/s1. The van der Waals surface area contributed by atoms with Crippen LogP contribution in [-0.2, 0) is 28.6 Å². The van der Waals surface area contributed by atoms with E-state index in [0.717, 1.165) is 57.8 Å². The maximum Gasteiger partial charge on any atom is 0.306 e. The van der Waals surface area contributed by atoms with Gasteiger partial charge in [0.25, 0.3) is 0 Å². The predicted molar refractivity (Wildman–Crippen MR) is 229 cm³/mol. The lowest BCUT2D eigenvalue weighted by molar-refractivity contribution is -0.167. The van der Waals surface area contributed by atoms with Gasteiger partial charge in [-0.1, -0.05) is 233 Å². The maximum atomic E-state index is 12.7. The summed E-state index contributed by atoms with van der Waals surface area (Å²) >= 11 is 0. The second-order valence-electron chi connectivity index (χ2n) is 16.4. The SMILES string of the molecule is CCCCCCCCCCCCCCCCCC(=O)OC[C@@H](COC(=O)CCCCCCCCCCCCCC)OC(=O)CCCCCCCCCCC. The van der Waals surface area contributed by atoms with E-state index in [1.165, 1.54) is 173 Å². The van der Waals surface area contributed by atoms with Crippen LogP contribution < -0.4 is 0 Å². The fourth-order valence-corrected chi connectivity index (χ4v) is 7.21. The maximum absolute atomic E-state index is 12.7. The normalized spacial score (nSPS) is 11.8. The number of rotatable bonds is 44. The average molecular weight is 765 g/mol. The van der Waals surface area contributed by atoms with E-state index in [1.54, 1.807) is 0 Å². The minimum atomic E-state index is -0.757. The largest absolute Gasteiger partial charge is 0.462 e. The number of unbranched alkanes of at least 4 members (excludes halogenated alkanes) is 33. The van der Waals surface area contributed by atoms with Crippen molar-refractivity contribution in [1.82, 2.24) is 0 Å². The molecule has 0 aliphatic rings. The summed E-state index contributed by atoms with van der Waals surface area (Å²) in [7, 11) is 0. The lowest BCUT2D eigenvalue weighted by Crippen LogP contribution is -2.30. The third-order valence-electron chi connectivity index (χ3n) is 10.9. The minimum absolute atomic E-state index is 0.0625. The van der Waals surface area contributed by atoms with Crippen LogP contribution in [0.3, 0.4) is 0 Å². The van der Waals surface area contributed by atoms with Crippen molar-refractivity contribution in [2.24, 2.45) is 0 Å². The summed E-state index contributed by atoms with van der Waals surface area (Å²) in [6.45, 7) is 6.64. The van der Waals surface area contributed by atoms with E-state index in [1.807, 2.05) is 0 Å². The van der Waals surface area contributed by atoms with Crippen LogP contribution in [0.5, 0.6) is 0 Å². The predicted octanol–water partition coefficient (Wildman–Crippen LogP) is 15.3. The smallest absolute Gasteiger partial charge is 0.306 e. The fourth-order valence-electron chi connectivity index (χ4n) is 7.21. The zero-order valence-corrected chi connectivity index (χ0v) is 36.5. The summed E-state index contributed by atoms with van der Waals surface area (Å²) in [4.78, 5) is 37.7. The molecule has 0 aliphatic heterocycles. The number of hydrogen-bond acceptors (Lipinski definition) is 6. The zero-order valence-electron chi connectivity index (χ0n) is 36.5. The second kappa shape index (κ2) is 44.1. The van der Waals surface area contributed by atoms with Crippen LogP contribution in [-0.4, -0.2) is 37.2 Å². The van der Waals surface area contributed by atoms with Gasteiger partial charge in [-0.3, -0.25) is 14.4 Å². The molecule has 54 heavy (non-hydrogen) atoms. The van der Waals surface area contributed by atoms with Gasteiger partial charge in [-0.05, 0) is 19.3 Å². The quantitative estimate of drug-likeness (QED) is 0.0349. The lowest BCUT2D eigenvalue weighted by atomic mass is 10.0. The van der Waals surface area contributed by atoms with Gasteiger partial charge in [0.1, 0.15) is 13.2 Å². The van der Waals surface area contributed by atoms with E-state index in [-0.39, 0.29) is 31.1 Å². The highest BCUT2D eigenvalue weighted by molar-refractivity contribution is 5.71. The Morgan fingerprint density at radius 2 is 0.500 bits per heavy atom. The summed E-state index contributed by atoms with van der Waals surface area (Å²) in [6, 6.07) is 0. The van der Waals surface area contributed by atoms with Crippen LogP contribution in [0.1, 0.15) is 271 Å². The minimum Gasteiger partial charge on any atom is -0.462 e. The van der Waals surface area contributed by atoms with Crippen LogP contribution in [0.4, 0.5) is 0 Å². The van der Waals surface area contributed by atoms with Crippen molar-refractivity contribution in [2.75, 3.05) is 13.2 Å². The molecule has 0 radical (unpaired) electrons. The van der Waals surface area contributed by atoms with Gasteiger partial charge >= 0.3 is 17.9 Å². The first-order chi connectivity index (χ1) is 26.5. The summed E-state index contributed by atoms with van der Waals surface area (Å²) in [6.07, 6.45) is 45.1. The van der Waals surface area contributed by atoms with Crippen molar-refractivity contribution in [3.05, 3.63) is 0 Å². The van der Waals surface area contributed by atoms with E-state index < -0.39 is 6.10 Å². The van der Waals surface area contributed by atoms with Crippen molar-refractivity contribution < 1.29 is 28.6 Å². The summed E-state index contributed by atoms with van der Waals surface area (Å²) in [5.74, 6) is -0.850. The first-order valence-electron chi connectivity index (χ1n) is 24.0. The Balaban J connectivity index is 4.26. The zero-order chi connectivity index (χ0) is 39.4. The number of carbonyl (C=O) groups excluding carboxylic acids is 3. The van der Waals surface area contributed by atoms with Gasteiger partial charge in [0.2, 0.25) is 0 Å². The molecule has 0 unspecified atom stereocenters. The van der Waals surface area contributed by atoms with Gasteiger partial charge in [0.15, 0.2) is 6.10 Å². The van der Waals surface area contributed by atoms with Crippen molar-refractivity contribution in [1.29, 1.82) is 0 Å². The highest BCUT2D eigenvalue weighted by atomic mass is 16.6. The van der Waals surface area contributed by atoms with Crippen molar-refractivity contribution in [3.8, 4) is 0 Å². The molecule has 0 heterocycles. The van der Waals surface area contributed by atoms with Gasteiger partial charge in [-0.25, -0.2) is 0 Å². The molecule has 0 aliphatic carbocycles. The molecule has 320 valence electrons. The molecular formula is C48H92O6. The third-order valence-corrected chi connectivity index (χ3v) is 10.9. The molecule has 0 aromatic rings. The Morgan fingerprint density at radius 1 is 0.296 bits per heavy atom. The Labute approximate surface area is 336 Å². The van der Waals surface area contributed by atoms with Gasteiger partial charge in [0.05, 0.1) is 0 Å². The topological polar surface area (TPSA) is 78.9 Å². The molecule has 6 heteroatoms. The summed E-state index contributed by atoms with van der Waals surface area (Å²) < 4.78 is 16.7. The van der Waals surface area contributed by atoms with E-state index in [2.05, 4.69) is 20.8 Å². The second-order valence-corrected chi connectivity index (χ2v) is 16.4. The first-order valence-corrected chi connectivity index (χ1v) is 24.0. The Morgan fingerprint density at radius 3 is 0.741 bits per heavy atom. The van der Waals surface area contributed by atoms with Gasteiger partial charge in [-0.2, -0.15) is 0 Å². The van der Waals surface area contributed by atoms with E-state index in [0.29, 0.717) is 19.3 Å². The Bertz CT molecular complexity index is 798. The molecule has 0 amide bonds. The molecule has 0 aromatic carbocycles. The summed E-state index contributed by atoms with van der Waals surface area (Å²) in [5, 5.41) is 0. The first kappa shape index (κ1) is 52.4. The van der Waals surface area contributed by atoms with Crippen LogP contribution in [0.25, 0.3) is 0 Å². The van der Waals surface area contributed by atoms with Crippen molar-refractivity contribution in [3.63, 3.8) is 0 Å². The van der Waals surface area contributed by atoms with Gasteiger partial charge in [-0.15, -0.1) is 0 Å². The third kappa shape index (κ3) is 41.6. The molecule has 0 saturated carbocycles. The molecule has 0 bridgehead atoms. The highest BCUT2D eigenvalue weighted by Gasteiger charge is 2.19. The van der Waals surface area contributed by atoms with E-state index >= 15 is 0 Å². The molecule has 1 atom stereocenters. The van der Waals surface area contributed by atoms with Crippen LogP contribution >= 0.6 is 0 Å².